The molecular weight excluding hydrogens is 337 g/mol. The van der Waals surface area contributed by atoms with Crippen molar-refractivity contribution < 1.29 is 8.91 Å². The maximum Gasteiger partial charge on any atom is 0.252 e. The van der Waals surface area contributed by atoms with E-state index in [1.54, 1.807) is 23.7 Å². The summed E-state index contributed by atoms with van der Waals surface area (Å²) in [6, 6.07) is 5.90. The third-order valence-electron chi connectivity index (χ3n) is 4.96. The summed E-state index contributed by atoms with van der Waals surface area (Å²) in [7, 11) is 0. The van der Waals surface area contributed by atoms with E-state index in [1.165, 1.54) is 12.1 Å². The monoisotopic (exact) mass is 357 g/mol. The van der Waals surface area contributed by atoms with Gasteiger partial charge in [0, 0.05) is 6.42 Å². The molecule has 0 radical (unpaired) electrons. The number of hydrogen-bond acceptors (Lipinski definition) is 7. The van der Waals surface area contributed by atoms with Crippen molar-refractivity contribution in [3.8, 4) is 0 Å². The maximum absolute atomic E-state index is 13.2. The van der Waals surface area contributed by atoms with Gasteiger partial charge in [-0.25, -0.2) is 9.07 Å². The molecule has 2 heterocycles. The van der Waals surface area contributed by atoms with Gasteiger partial charge in [-0.05, 0) is 47.9 Å². The van der Waals surface area contributed by atoms with E-state index in [4.69, 9.17) is 10.3 Å². The summed E-state index contributed by atoms with van der Waals surface area (Å²) in [5.74, 6) is 1.27. The Balaban J connectivity index is 1.68. The van der Waals surface area contributed by atoms with Crippen molar-refractivity contribution in [2.45, 2.75) is 50.6 Å². The van der Waals surface area contributed by atoms with Gasteiger partial charge in [0.2, 0.25) is 0 Å². The second kappa shape index (κ2) is 6.56. The van der Waals surface area contributed by atoms with E-state index in [9.17, 15) is 4.39 Å². The average molecular weight is 357 g/mol. The Morgan fingerprint density at radius 3 is 2.65 bits per heavy atom. The minimum absolute atomic E-state index is 0.282. The van der Waals surface area contributed by atoms with Crippen LogP contribution in [-0.4, -0.2) is 30.3 Å². The molecule has 0 spiro atoms. The third-order valence-corrected chi connectivity index (χ3v) is 4.96. The highest BCUT2D eigenvalue weighted by Gasteiger charge is 2.37. The number of nitrogens with two attached hydrogens (primary N) is 1. The lowest BCUT2D eigenvalue weighted by Crippen LogP contribution is -2.34. The van der Waals surface area contributed by atoms with Gasteiger partial charge in [0.15, 0.2) is 5.82 Å². The van der Waals surface area contributed by atoms with Gasteiger partial charge in [-0.3, -0.25) is 0 Å². The first-order valence-corrected chi connectivity index (χ1v) is 8.67. The van der Waals surface area contributed by atoms with Crippen LogP contribution in [0.3, 0.4) is 0 Å². The second-order valence-corrected chi connectivity index (χ2v) is 6.84. The van der Waals surface area contributed by atoms with E-state index in [1.807, 2.05) is 0 Å². The van der Waals surface area contributed by atoms with Crippen LogP contribution in [-0.2, 0) is 12.0 Å². The fraction of sp³-hybridized carbons (Fsp3) is 0.471. The first-order valence-electron chi connectivity index (χ1n) is 8.67. The molecule has 8 nitrogen and oxygen atoms in total. The molecule has 1 aromatic carbocycles. The smallest absolute Gasteiger partial charge is 0.252 e. The van der Waals surface area contributed by atoms with Crippen LogP contribution in [0.5, 0.6) is 0 Å². The first-order chi connectivity index (χ1) is 12.5. The highest BCUT2D eigenvalue weighted by atomic mass is 19.1. The van der Waals surface area contributed by atoms with E-state index in [0.29, 0.717) is 24.0 Å². The highest BCUT2D eigenvalue weighted by Crippen LogP contribution is 2.35. The molecule has 0 aliphatic heterocycles. The molecule has 0 saturated heterocycles. The van der Waals surface area contributed by atoms with Crippen LogP contribution >= 0.6 is 0 Å². The number of tetrazole rings is 1. The van der Waals surface area contributed by atoms with Crippen molar-refractivity contribution in [3.05, 3.63) is 53.2 Å². The highest BCUT2D eigenvalue weighted by molar-refractivity contribution is 5.19. The molecule has 1 fully saturated rings. The van der Waals surface area contributed by atoms with E-state index in [0.717, 1.165) is 31.2 Å². The number of nitrogens with zero attached hydrogens (tertiary/aromatic N) is 6. The van der Waals surface area contributed by atoms with E-state index >= 15 is 0 Å². The second-order valence-electron chi connectivity index (χ2n) is 6.84. The van der Waals surface area contributed by atoms with E-state index in [2.05, 4.69) is 25.7 Å². The molecule has 1 atom stereocenters. The van der Waals surface area contributed by atoms with Gasteiger partial charge in [0.25, 0.3) is 5.89 Å². The van der Waals surface area contributed by atoms with Crippen LogP contribution in [0.25, 0.3) is 0 Å². The van der Waals surface area contributed by atoms with Gasteiger partial charge >= 0.3 is 0 Å². The van der Waals surface area contributed by atoms with Crippen molar-refractivity contribution in [2.24, 2.45) is 5.73 Å². The zero-order valence-corrected chi connectivity index (χ0v) is 14.5. The Morgan fingerprint density at radius 2 is 2.00 bits per heavy atom. The summed E-state index contributed by atoms with van der Waals surface area (Å²) >= 11 is 0. The summed E-state index contributed by atoms with van der Waals surface area (Å²) in [6.45, 7) is 1.80. The molecule has 3 aromatic rings. The molecule has 1 saturated carbocycles. The molecule has 0 bridgehead atoms. The predicted molar refractivity (Wildman–Crippen MR) is 89.4 cm³/mol. The minimum Gasteiger partial charge on any atom is -0.337 e. The normalized spacial score (nSPS) is 17.5. The molecule has 1 aliphatic carbocycles. The fourth-order valence-electron chi connectivity index (χ4n) is 3.45. The van der Waals surface area contributed by atoms with E-state index < -0.39 is 5.54 Å². The predicted octanol–water partition coefficient (Wildman–Crippen LogP) is 2.06. The largest absolute Gasteiger partial charge is 0.337 e. The SMILES string of the molecule is Cc1nnnn1C(Cc1ccc(F)cc1)c1nc(C2(N)CCCC2)no1. The van der Waals surface area contributed by atoms with Gasteiger partial charge in [-0.2, -0.15) is 4.98 Å². The van der Waals surface area contributed by atoms with E-state index in [-0.39, 0.29) is 11.9 Å². The zero-order valence-electron chi connectivity index (χ0n) is 14.5. The first kappa shape index (κ1) is 16.8. The molecular formula is C17H20FN7O. The number of halogens is 1. The van der Waals surface area contributed by atoms with Gasteiger partial charge in [0.05, 0.1) is 5.54 Å². The number of aromatic nitrogens is 6. The van der Waals surface area contributed by atoms with Crippen molar-refractivity contribution in [3.63, 3.8) is 0 Å². The summed E-state index contributed by atoms with van der Waals surface area (Å²) < 4.78 is 20.4. The molecule has 1 unspecified atom stereocenters. The van der Waals surface area contributed by atoms with Crippen molar-refractivity contribution in [2.75, 3.05) is 0 Å². The Kier molecular flexibility index (Phi) is 4.23. The van der Waals surface area contributed by atoms with Crippen molar-refractivity contribution in [1.82, 2.24) is 30.3 Å². The minimum atomic E-state index is -0.530. The fourth-order valence-corrected chi connectivity index (χ4v) is 3.45. The lowest BCUT2D eigenvalue weighted by atomic mass is 9.98. The molecule has 26 heavy (non-hydrogen) atoms. The molecule has 136 valence electrons. The third kappa shape index (κ3) is 3.10. The number of benzene rings is 1. The molecule has 0 amide bonds. The topological polar surface area (TPSA) is 109 Å². The molecule has 9 heteroatoms. The number of hydrogen-bond donors (Lipinski definition) is 1. The van der Waals surface area contributed by atoms with Gasteiger partial charge in [-0.15, -0.1) is 5.10 Å². The Hall–Kier alpha value is -2.68. The van der Waals surface area contributed by atoms with Gasteiger partial charge in [0.1, 0.15) is 17.7 Å². The van der Waals surface area contributed by atoms with Crippen LogP contribution in [0.4, 0.5) is 4.39 Å². The Morgan fingerprint density at radius 1 is 1.27 bits per heavy atom. The number of rotatable bonds is 5. The lowest BCUT2D eigenvalue weighted by molar-refractivity contribution is 0.309. The molecule has 4 rings (SSSR count). The van der Waals surface area contributed by atoms with Crippen LogP contribution in [0.2, 0.25) is 0 Å². The Bertz CT molecular complexity index is 883. The van der Waals surface area contributed by atoms with Gasteiger partial charge in [-0.1, -0.05) is 30.1 Å². The van der Waals surface area contributed by atoms with Crippen LogP contribution in [0.1, 0.15) is 54.8 Å². The summed E-state index contributed by atoms with van der Waals surface area (Å²) in [6.07, 6.45) is 4.30. The molecule has 2 N–H and O–H groups in total. The maximum atomic E-state index is 13.2. The summed E-state index contributed by atoms with van der Waals surface area (Å²) in [4.78, 5) is 4.58. The molecule has 1 aliphatic rings. The number of aryl methyl sites for hydroxylation is 1. The Labute approximate surface area is 149 Å². The van der Waals surface area contributed by atoms with Crippen molar-refractivity contribution in [1.29, 1.82) is 0 Å². The van der Waals surface area contributed by atoms with Crippen molar-refractivity contribution >= 4 is 0 Å². The standard InChI is InChI=1S/C17H20FN7O/c1-11-21-23-24-25(11)14(10-12-4-6-13(18)7-5-12)15-20-16(22-26-15)17(19)8-2-3-9-17/h4-7,14H,2-3,8-10,19H2,1H3. The summed E-state index contributed by atoms with van der Waals surface area (Å²) in [5.41, 5.74) is 6.82. The lowest BCUT2D eigenvalue weighted by Gasteiger charge is -2.18. The van der Waals surface area contributed by atoms with Crippen LogP contribution in [0.15, 0.2) is 28.8 Å². The van der Waals surface area contributed by atoms with Gasteiger partial charge < -0.3 is 10.3 Å². The van der Waals surface area contributed by atoms with Crippen LogP contribution < -0.4 is 5.73 Å². The van der Waals surface area contributed by atoms with Crippen LogP contribution in [0, 0.1) is 12.7 Å². The zero-order chi connectivity index (χ0) is 18.1. The summed E-state index contributed by atoms with van der Waals surface area (Å²) in [5, 5.41) is 15.8. The quantitative estimate of drug-likeness (QED) is 0.744. The molecule has 2 aromatic heterocycles. The average Bonchev–Trinajstić information content (AvgIpc) is 3.36.